The van der Waals surface area contributed by atoms with Gasteiger partial charge in [0.05, 0.1) is 0 Å². The molecule has 0 heterocycles. The molecule has 0 saturated heterocycles. The van der Waals surface area contributed by atoms with Gasteiger partial charge >= 0.3 is 17.9 Å². The molecule has 6 nitrogen and oxygen atoms in total. The van der Waals surface area contributed by atoms with E-state index in [1.54, 1.807) is 0 Å². The first-order valence-corrected chi connectivity index (χ1v) is 30.7. The zero-order valence-corrected chi connectivity index (χ0v) is 48.5. The van der Waals surface area contributed by atoms with Crippen molar-refractivity contribution in [3.8, 4) is 0 Å². The third kappa shape index (κ3) is 60.3. The molecule has 0 radical (unpaired) electrons. The Morgan fingerprint density at radius 2 is 0.547 bits per heavy atom. The fourth-order valence-corrected chi connectivity index (χ4v) is 8.02. The highest BCUT2D eigenvalue weighted by molar-refractivity contribution is 5.71. The highest BCUT2D eigenvalue weighted by atomic mass is 16.6. The SMILES string of the molecule is CC/C=C\C/C=C\C/C=C\C/C=C\C/C=C\C/C=C\C/C=C\C/C=C\C/C=C\CCCCCC(=O)OCC(COC(=O)CCCCCCC/C=C\CCC)OC(=O)CCCCCCC/C=C\CCCCCCCCC. The summed E-state index contributed by atoms with van der Waals surface area (Å²) in [4.78, 5) is 38.1. The predicted molar refractivity (Wildman–Crippen MR) is 325 cm³/mol. The second-order valence-corrected chi connectivity index (χ2v) is 19.9. The standard InChI is InChI=1S/C69H112O6/c1-4-7-10-13-16-19-22-24-26-28-29-30-31-32-33-34-35-36-37-38-39-40-41-42-44-45-47-50-53-56-59-62-68(71)74-65-66(64-73-67(70)61-58-55-52-49-21-18-15-12-9-6-3)75-69(72)63-60-57-54-51-48-46-43-27-25-23-20-17-14-11-8-5-2/h7,10,12,15-16,19,24,26-27,29-30,32-33,35-36,38-39,41-43,45,47,66H,4-6,8-9,11,13-14,17-18,20-23,25,28,31,34,37,40,44,46,48-65H2,1-3H3/b10-7-,15-12-,19-16-,26-24-,30-29-,33-32-,36-35-,39-38-,42-41-,43-27-,47-45-. The number of hydrogen-bond donors (Lipinski definition) is 0. The van der Waals surface area contributed by atoms with Crippen LogP contribution in [-0.4, -0.2) is 37.2 Å². The molecule has 0 aliphatic rings. The molecule has 1 unspecified atom stereocenters. The van der Waals surface area contributed by atoms with E-state index in [1.807, 2.05) is 0 Å². The molecule has 0 bridgehead atoms. The van der Waals surface area contributed by atoms with Crippen LogP contribution in [0, 0.1) is 0 Å². The summed E-state index contributed by atoms with van der Waals surface area (Å²) < 4.78 is 16.8. The zero-order valence-electron chi connectivity index (χ0n) is 48.5. The minimum atomic E-state index is -0.803. The molecule has 6 heteroatoms. The van der Waals surface area contributed by atoms with Crippen LogP contribution >= 0.6 is 0 Å². The Bertz CT molecular complexity index is 1620. The van der Waals surface area contributed by atoms with Gasteiger partial charge in [-0.3, -0.25) is 14.4 Å². The van der Waals surface area contributed by atoms with E-state index in [1.165, 1.54) is 70.6 Å². The molecule has 0 aromatic rings. The van der Waals surface area contributed by atoms with Gasteiger partial charge in [0.2, 0.25) is 0 Å². The maximum Gasteiger partial charge on any atom is 0.306 e. The van der Waals surface area contributed by atoms with Crippen molar-refractivity contribution < 1.29 is 28.6 Å². The van der Waals surface area contributed by atoms with Crippen molar-refractivity contribution in [2.75, 3.05) is 13.2 Å². The van der Waals surface area contributed by atoms with E-state index >= 15 is 0 Å². The molecule has 0 saturated carbocycles. The summed E-state index contributed by atoms with van der Waals surface area (Å²) in [7, 11) is 0. The van der Waals surface area contributed by atoms with Crippen molar-refractivity contribution in [3.63, 3.8) is 0 Å². The quantitative estimate of drug-likeness (QED) is 0.0261. The maximum absolute atomic E-state index is 12.8. The third-order valence-electron chi connectivity index (χ3n) is 12.6. The van der Waals surface area contributed by atoms with Gasteiger partial charge < -0.3 is 14.2 Å². The van der Waals surface area contributed by atoms with E-state index in [-0.39, 0.29) is 31.1 Å². The smallest absolute Gasteiger partial charge is 0.306 e. The highest BCUT2D eigenvalue weighted by Gasteiger charge is 2.19. The van der Waals surface area contributed by atoms with E-state index < -0.39 is 6.10 Å². The maximum atomic E-state index is 12.8. The Morgan fingerprint density at radius 1 is 0.280 bits per heavy atom. The first-order chi connectivity index (χ1) is 37.0. The van der Waals surface area contributed by atoms with Crippen LogP contribution in [0.1, 0.15) is 265 Å². The van der Waals surface area contributed by atoms with Crippen molar-refractivity contribution in [3.05, 3.63) is 134 Å². The van der Waals surface area contributed by atoms with Crippen LogP contribution in [0.2, 0.25) is 0 Å². The molecule has 0 aliphatic carbocycles. The van der Waals surface area contributed by atoms with Crippen LogP contribution in [0.3, 0.4) is 0 Å². The predicted octanol–water partition coefficient (Wildman–Crippen LogP) is 21.0. The van der Waals surface area contributed by atoms with Crippen molar-refractivity contribution in [2.24, 2.45) is 0 Å². The Kier molecular flexibility index (Phi) is 58.4. The van der Waals surface area contributed by atoms with Crippen LogP contribution in [0.25, 0.3) is 0 Å². The molecule has 75 heavy (non-hydrogen) atoms. The first-order valence-electron chi connectivity index (χ1n) is 30.7. The summed E-state index contributed by atoms with van der Waals surface area (Å²) in [6.45, 7) is 6.41. The molecule has 0 amide bonds. The van der Waals surface area contributed by atoms with Crippen molar-refractivity contribution in [1.29, 1.82) is 0 Å². The molecule has 0 aromatic carbocycles. The number of carbonyl (C=O) groups excluding carboxylic acids is 3. The van der Waals surface area contributed by atoms with Crippen molar-refractivity contribution in [1.82, 2.24) is 0 Å². The molecule has 0 aromatic heterocycles. The summed E-state index contributed by atoms with van der Waals surface area (Å²) in [5.41, 5.74) is 0. The van der Waals surface area contributed by atoms with Crippen LogP contribution in [0.15, 0.2) is 134 Å². The second kappa shape index (κ2) is 62.1. The number of hydrogen-bond acceptors (Lipinski definition) is 6. The Balaban J connectivity index is 4.34. The minimum Gasteiger partial charge on any atom is -0.462 e. The average Bonchev–Trinajstić information content (AvgIpc) is 3.41. The van der Waals surface area contributed by atoms with Crippen LogP contribution < -0.4 is 0 Å². The molecule has 0 rings (SSSR count). The summed E-state index contributed by atoms with van der Waals surface area (Å²) in [6.07, 6.45) is 87.5. The summed E-state index contributed by atoms with van der Waals surface area (Å²) >= 11 is 0. The fourth-order valence-electron chi connectivity index (χ4n) is 8.02. The molecule has 424 valence electrons. The first kappa shape index (κ1) is 70.5. The van der Waals surface area contributed by atoms with Gasteiger partial charge in [-0.1, -0.05) is 244 Å². The molecular formula is C69H112O6. The monoisotopic (exact) mass is 1040 g/mol. The number of carbonyl (C=O) groups is 3. The number of unbranched alkanes of at least 4 members (excludes halogenated alkanes) is 21. The lowest BCUT2D eigenvalue weighted by Gasteiger charge is -2.18. The van der Waals surface area contributed by atoms with Crippen molar-refractivity contribution in [2.45, 2.75) is 271 Å². The lowest BCUT2D eigenvalue weighted by Crippen LogP contribution is -2.30. The van der Waals surface area contributed by atoms with Gasteiger partial charge in [-0.15, -0.1) is 0 Å². The van der Waals surface area contributed by atoms with E-state index in [0.717, 1.165) is 154 Å². The number of rotatable bonds is 54. The normalized spacial score (nSPS) is 13.1. The fraction of sp³-hybridized carbons (Fsp3) is 0.638. The van der Waals surface area contributed by atoms with E-state index in [2.05, 4.69) is 154 Å². The van der Waals surface area contributed by atoms with Gasteiger partial charge in [-0.05, 0) is 135 Å². The van der Waals surface area contributed by atoms with E-state index in [0.29, 0.717) is 19.3 Å². The van der Waals surface area contributed by atoms with E-state index in [9.17, 15) is 14.4 Å². The largest absolute Gasteiger partial charge is 0.462 e. The van der Waals surface area contributed by atoms with Gasteiger partial charge in [0.25, 0.3) is 0 Å². The van der Waals surface area contributed by atoms with Crippen LogP contribution in [0.4, 0.5) is 0 Å². The number of allylic oxidation sites excluding steroid dienone is 22. The summed E-state index contributed by atoms with van der Waals surface area (Å²) in [6, 6.07) is 0. The van der Waals surface area contributed by atoms with Gasteiger partial charge in [0.15, 0.2) is 6.10 Å². The number of esters is 3. The average molecular weight is 1040 g/mol. The minimum absolute atomic E-state index is 0.0995. The van der Waals surface area contributed by atoms with Crippen LogP contribution in [0.5, 0.6) is 0 Å². The molecule has 0 aliphatic heterocycles. The van der Waals surface area contributed by atoms with Gasteiger partial charge in [-0.25, -0.2) is 0 Å². The van der Waals surface area contributed by atoms with Gasteiger partial charge in [0.1, 0.15) is 13.2 Å². The topological polar surface area (TPSA) is 78.9 Å². The van der Waals surface area contributed by atoms with Gasteiger partial charge in [0, 0.05) is 19.3 Å². The molecule has 1 atom stereocenters. The number of ether oxygens (including phenoxy) is 3. The third-order valence-corrected chi connectivity index (χ3v) is 12.6. The zero-order chi connectivity index (χ0) is 54.3. The Labute approximate surface area is 462 Å². The summed E-state index contributed by atoms with van der Waals surface area (Å²) in [5, 5.41) is 0. The lowest BCUT2D eigenvalue weighted by molar-refractivity contribution is -0.167. The Hall–Kier alpha value is -4.45. The lowest BCUT2D eigenvalue weighted by atomic mass is 10.1. The molecule has 0 spiro atoms. The van der Waals surface area contributed by atoms with Gasteiger partial charge in [-0.2, -0.15) is 0 Å². The molecule has 0 fully saturated rings. The second-order valence-electron chi connectivity index (χ2n) is 19.9. The summed E-state index contributed by atoms with van der Waals surface area (Å²) in [5.74, 6) is -0.955. The Morgan fingerprint density at radius 3 is 0.893 bits per heavy atom. The van der Waals surface area contributed by atoms with E-state index in [4.69, 9.17) is 14.2 Å². The molecule has 0 N–H and O–H groups in total. The van der Waals surface area contributed by atoms with Crippen molar-refractivity contribution >= 4 is 17.9 Å². The highest BCUT2D eigenvalue weighted by Crippen LogP contribution is 2.14. The molecular weight excluding hydrogens is 925 g/mol. The van der Waals surface area contributed by atoms with Crippen LogP contribution in [-0.2, 0) is 28.6 Å².